The largest absolute Gasteiger partial charge is 0.550 e. The van der Waals surface area contributed by atoms with Crippen LogP contribution in [0.25, 0.3) is 6.08 Å². The third-order valence-corrected chi connectivity index (χ3v) is 2.06. The maximum Gasteiger partial charge on any atom is 0.156 e. The molecule has 0 spiro atoms. The molecule has 0 atom stereocenters. The topological polar surface area (TPSA) is 57.2 Å². The number of carbonyl (C=O) groups is 2. The Kier molecular flexibility index (Phi) is 5.44. The monoisotopic (exact) mass is 229 g/mol. The molecule has 0 amide bonds. The van der Waals surface area contributed by atoms with Gasteiger partial charge in [-0.15, -0.1) is 0 Å². The molecular formula is C14H13O3-. The van der Waals surface area contributed by atoms with E-state index < -0.39 is 5.97 Å². The maximum absolute atomic E-state index is 11.1. The summed E-state index contributed by atoms with van der Waals surface area (Å²) in [7, 11) is 0. The molecule has 1 rings (SSSR count). The average Bonchev–Trinajstić information content (AvgIpc) is 2.33. The van der Waals surface area contributed by atoms with E-state index in [1.807, 2.05) is 36.4 Å². The van der Waals surface area contributed by atoms with Crippen LogP contribution < -0.4 is 5.11 Å². The molecule has 0 aliphatic carbocycles. The summed E-state index contributed by atoms with van der Waals surface area (Å²) in [5.74, 6) is -1.42. The molecule has 0 unspecified atom stereocenters. The summed E-state index contributed by atoms with van der Waals surface area (Å²) in [5.41, 5.74) is 1.04. The first-order chi connectivity index (χ1) is 8.18. The van der Waals surface area contributed by atoms with Crippen molar-refractivity contribution in [3.05, 3.63) is 54.1 Å². The quantitative estimate of drug-likeness (QED) is 0.546. The van der Waals surface area contributed by atoms with E-state index in [9.17, 15) is 14.7 Å². The number of carboxylic acids is 1. The number of hydrogen-bond donors (Lipinski definition) is 0. The summed E-state index contributed by atoms with van der Waals surface area (Å²) in [6, 6.07) is 9.67. The zero-order chi connectivity index (χ0) is 12.5. The number of hydrogen-bond acceptors (Lipinski definition) is 3. The Bertz CT molecular complexity index is 430. The Morgan fingerprint density at radius 2 is 1.76 bits per heavy atom. The van der Waals surface area contributed by atoms with Crippen LogP contribution in [0.2, 0.25) is 0 Å². The van der Waals surface area contributed by atoms with Gasteiger partial charge in [-0.05, 0) is 18.1 Å². The Labute approximate surface area is 100 Å². The number of ketones is 1. The number of rotatable bonds is 6. The second kappa shape index (κ2) is 7.17. The van der Waals surface area contributed by atoms with Gasteiger partial charge in [-0.1, -0.05) is 48.6 Å². The molecule has 3 nitrogen and oxygen atoms in total. The number of benzene rings is 1. The van der Waals surface area contributed by atoms with E-state index in [0.29, 0.717) is 0 Å². The van der Waals surface area contributed by atoms with Gasteiger partial charge >= 0.3 is 0 Å². The van der Waals surface area contributed by atoms with Gasteiger partial charge in [0.15, 0.2) is 5.78 Å². The van der Waals surface area contributed by atoms with Crippen molar-refractivity contribution in [2.75, 3.05) is 0 Å². The first-order valence-corrected chi connectivity index (χ1v) is 5.31. The highest BCUT2D eigenvalue weighted by molar-refractivity contribution is 5.91. The molecule has 0 aliphatic rings. The number of carbonyl (C=O) groups excluding carboxylic acids is 2. The highest BCUT2D eigenvalue weighted by Crippen LogP contribution is 2.01. The van der Waals surface area contributed by atoms with Crippen LogP contribution in [0, 0.1) is 0 Å². The Morgan fingerprint density at radius 3 is 2.41 bits per heavy atom. The first kappa shape index (κ1) is 12.9. The van der Waals surface area contributed by atoms with Gasteiger partial charge < -0.3 is 9.90 Å². The molecule has 0 radical (unpaired) electrons. The minimum Gasteiger partial charge on any atom is -0.550 e. The Hall–Kier alpha value is -2.16. The lowest BCUT2D eigenvalue weighted by Crippen LogP contribution is -2.22. The molecule has 3 heteroatoms. The number of aliphatic carboxylic acids is 1. The fourth-order valence-electron chi connectivity index (χ4n) is 1.20. The molecule has 0 saturated carbocycles. The molecule has 0 bridgehead atoms. The summed E-state index contributed by atoms with van der Waals surface area (Å²) in [6.45, 7) is 0. The van der Waals surface area contributed by atoms with E-state index in [0.717, 1.165) is 5.56 Å². The van der Waals surface area contributed by atoms with Gasteiger partial charge in [-0.25, -0.2) is 0 Å². The van der Waals surface area contributed by atoms with Crippen molar-refractivity contribution in [2.45, 2.75) is 12.8 Å². The van der Waals surface area contributed by atoms with Gasteiger partial charge in [0, 0.05) is 12.4 Å². The van der Waals surface area contributed by atoms with Crippen molar-refractivity contribution < 1.29 is 14.7 Å². The lowest BCUT2D eigenvalue weighted by Gasteiger charge is -1.96. The lowest BCUT2D eigenvalue weighted by molar-refractivity contribution is -0.305. The fraction of sp³-hybridized carbons (Fsp3) is 0.143. The SMILES string of the molecule is O=C([O-])CCC(=O)C=CC=Cc1ccccc1. The third-order valence-electron chi connectivity index (χ3n) is 2.06. The molecule has 1 aromatic carbocycles. The molecular weight excluding hydrogens is 216 g/mol. The van der Waals surface area contributed by atoms with Crippen molar-refractivity contribution in [3.63, 3.8) is 0 Å². The van der Waals surface area contributed by atoms with Gasteiger partial charge in [-0.3, -0.25) is 4.79 Å². The van der Waals surface area contributed by atoms with Gasteiger partial charge in [0.05, 0.1) is 0 Å². The molecule has 1 aromatic rings. The zero-order valence-corrected chi connectivity index (χ0v) is 9.34. The van der Waals surface area contributed by atoms with Crippen molar-refractivity contribution in [1.82, 2.24) is 0 Å². The minimum atomic E-state index is -1.20. The van der Waals surface area contributed by atoms with Crippen LogP contribution in [0.1, 0.15) is 18.4 Å². The van der Waals surface area contributed by atoms with E-state index in [1.165, 1.54) is 6.08 Å². The van der Waals surface area contributed by atoms with E-state index in [2.05, 4.69) is 0 Å². The summed E-state index contributed by atoms with van der Waals surface area (Å²) in [4.78, 5) is 21.3. The smallest absolute Gasteiger partial charge is 0.156 e. The highest BCUT2D eigenvalue weighted by Gasteiger charge is 1.95. The third kappa shape index (κ3) is 6.10. The molecule has 17 heavy (non-hydrogen) atoms. The van der Waals surface area contributed by atoms with E-state index in [-0.39, 0.29) is 18.6 Å². The second-order valence-electron chi connectivity index (χ2n) is 3.47. The molecule has 0 N–H and O–H groups in total. The average molecular weight is 229 g/mol. The van der Waals surface area contributed by atoms with Crippen LogP contribution in [0.15, 0.2) is 48.6 Å². The second-order valence-corrected chi connectivity index (χ2v) is 3.47. The molecule has 0 saturated heterocycles. The zero-order valence-electron chi connectivity index (χ0n) is 9.34. The van der Waals surface area contributed by atoms with Crippen LogP contribution in [-0.4, -0.2) is 11.8 Å². The van der Waals surface area contributed by atoms with E-state index >= 15 is 0 Å². The lowest BCUT2D eigenvalue weighted by atomic mass is 10.2. The van der Waals surface area contributed by atoms with Gasteiger partial charge in [0.1, 0.15) is 0 Å². The molecule has 0 aromatic heterocycles. The van der Waals surface area contributed by atoms with Gasteiger partial charge in [-0.2, -0.15) is 0 Å². The maximum atomic E-state index is 11.1. The summed E-state index contributed by atoms with van der Waals surface area (Å²) < 4.78 is 0. The van der Waals surface area contributed by atoms with Crippen LogP contribution >= 0.6 is 0 Å². The van der Waals surface area contributed by atoms with Crippen molar-refractivity contribution in [3.8, 4) is 0 Å². The molecule has 0 fully saturated rings. The normalized spacial score (nSPS) is 11.1. The number of allylic oxidation sites excluding steroid dienone is 3. The van der Waals surface area contributed by atoms with Crippen LogP contribution in [-0.2, 0) is 9.59 Å². The summed E-state index contributed by atoms with van der Waals surface area (Å²) in [5, 5.41) is 10.1. The van der Waals surface area contributed by atoms with Gasteiger partial charge in [0.25, 0.3) is 0 Å². The molecule has 0 aliphatic heterocycles. The standard InChI is InChI=1S/C14H14O3/c15-13(10-11-14(16)17)9-5-4-8-12-6-2-1-3-7-12/h1-9H,10-11H2,(H,16,17)/p-1. The number of carboxylic acid groups (broad SMARTS) is 1. The van der Waals surface area contributed by atoms with Gasteiger partial charge in [0.2, 0.25) is 0 Å². The van der Waals surface area contributed by atoms with Crippen molar-refractivity contribution in [1.29, 1.82) is 0 Å². The summed E-state index contributed by atoms with van der Waals surface area (Å²) in [6.07, 6.45) is 6.32. The fourth-order valence-corrected chi connectivity index (χ4v) is 1.20. The predicted octanol–water partition coefficient (Wildman–Crippen LogP) is 1.36. The van der Waals surface area contributed by atoms with Crippen molar-refractivity contribution in [2.24, 2.45) is 0 Å². The van der Waals surface area contributed by atoms with Crippen LogP contribution in [0.5, 0.6) is 0 Å². The van der Waals surface area contributed by atoms with E-state index in [1.54, 1.807) is 12.2 Å². The predicted molar refractivity (Wildman–Crippen MR) is 63.9 cm³/mol. The first-order valence-electron chi connectivity index (χ1n) is 5.31. The van der Waals surface area contributed by atoms with Crippen molar-refractivity contribution >= 4 is 17.8 Å². The molecule has 0 heterocycles. The van der Waals surface area contributed by atoms with E-state index in [4.69, 9.17) is 0 Å². The van der Waals surface area contributed by atoms with Crippen LogP contribution in [0.4, 0.5) is 0 Å². The summed E-state index contributed by atoms with van der Waals surface area (Å²) >= 11 is 0. The Balaban J connectivity index is 2.37. The minimum absolute atomic E-state index is 0.0159. The molecule has 88 valence electrons. The Morgan fingerprint density at radius 1 is 1.06 bits per heavy atom. The van der Waals surface area contributed by atoms with Crippen LogP contribution in [0.3, 0.4) is 0 Å². The highest BCUT2D eigenvalue weighted by atomic mass is 16.4.